The Hall–Kier alpha value is -1.15. The lowest BCUT2D eigenvalue weighted by Crippen LogP contribution is -2.14. The second kappa shape index (κ2) is 5.66. The maximum atomic E-state index is 5.86. The van der Waals surface area contributed by atoms with Crippen molar-refractivity contribution in [3.8, 4) is 0 Å². The van der Waals surface area contributed by atoms with Crippen LogP contribution in [0.5, 0.6) is 0 Å². The van der Waals surface area contributed by atoms with Crippen molar-refractivity contribution < 1.29 is 0 Å². The quantitative estimate of drug-likeness (QED) is 0.836. The second-order valence-corrected chi connectivity index (χ2v) is 5.34. The third kappa shape index (κ3) is 3.42. The molecule has 1 heterocycles. The van der Waals surface area contributed by atoms with Gasteiger partial charge in [0.15, 0.2) is 0 Å². The summed E-state index contributed by atoms with van der Waals surface area (Å²) in [7, 11) is 3.70. The Balaban J connectivity index is 2.29. The van der Waals surface area contributed by atoms with E-state index in [2.05, 4.69) is 42.9 Å². The minimum Gasteiger partial charge on any atom is -0.347 e. The molecular formula is C11H11ClIN5. The van der Waals surface area contributed by atoms with Crippen LogP contribution in [0.25, 0.3) is 0 Å². The maximum Gasteiger partial charge on any atom is 0.233 e. The third-order valence-corrected chi connectivity index (χ3v) is 2.92. The van der Waals surface area contributed by atoms with Crippen molar-refractivity contribution in [1.29, 1.82) is 0 Å². The zero-order valence-corrected chi connectivity index (χ0v) is 12.8. The van der Waals surface area contributed by atoms with E-state index < -0.39 is 0 Å². The Morgan fingerprint density at radius 2 is 2.00 bits per heavy atom. The number of benzene rings is 1. The molecule has 1 N–H and O–H groups in total. The summed E-state index contributed by atoms with van der Waals surface area (Å²) in [6.45, 7) is 0. The molecule has 0 aliphatic carbocycles. The fraction of sp³-hybridized carbons (Fsp3) is 0.182. The third-order valence-electron chi connectivity index (χ3n) is 2.08. The molecule has 5 nitrogen and oxygen atoms in total. The molecule has 0 saturated heterocycles. The predicted octanol–water partition coefficient (Wildman–Crippen LogP) is 2.94. The molecule has 18 heavy (non-hydrogen) atoms. The van der Waals surface area contributed by atoms with Crippen LogP contribution in [-0.4, -0.2) is 29.0 Å². The van der Waals surface area contributed by atoms with Crippen LogP contribution < -0.4 is 10.2 Å². The van der Waals surface area contributed by atoms with Crippen molar-refractivity contribution in [3.05, 3.63) is 33.1 Å². The highest BCUT2D eigenvalue weighted by Crippen LogP contribution is 2.18. The summed E-state index contributed by atoms with van der Waals surface area (Å²) in [5.41, 5.74) is 0.911. The molecule has 0 aliphatic rings. The summed E-state index contributed by atoms with van der Waals surface area (Å²) in [6, 6.07) is 7.90. The van der Waals surface area contributed by atoms with E-state index in [1.54, 1.807) is 4.90 Å². The van der Waals surface area contributed by atoms with E-state index in [0.717, 1.165) is 9.26 Å². The normalized spacial score (nSPS) is 10.2. The molecule has 1 aromatic heterocycles. The van der Waals surface area contributed by atoms with E-state index in [-0.39, 0.29) is 5.28 Å². The van der Waals surface area contributed by atoms with E-state index >= 15 is 0 Å². The molecule has 94 valence electrons. The fourth-order valence-electron chi connectivity index (χ4n) is 1.29. The number of aromatic nitrogens is 3. The van der Waals surface area contributed by atoms with Crippen LogP contribution in [-0.2, 0) is 0 Å². The Morgan fingerprint density at radius 3 is 2.67 bits per heavy atom. The average molecular weight is 376 g/mol. The number of rotatable bonds is 3. The molecule has 7 heteroatoms. The Bertz CT molecular complexity index is 561. The summed E-state index contributed by atoms with van der Waals surface area (Å²) in [5.74, 6) is 0.948. The van der Waals surface area contributed by atoms with Crippen LogP contribution in [0.4, 0.5) is 17.6 Å². The van der Waals surface area contributed by atoms with Gasteiger partial charge in [-0.2, -0.15) is 15.0 Å². The SMILES string of the molecule is CN(C)c1nc(Cl)nc(Nc2cccc(I)c2)n1. The van der Waals surface area contributed by atoms with Crippen LogP contribution in [0.15, 0.2) is 24.3 Å². The van der Waals surface area contributed by atoms with E-state index in [9.17, 15) is 0 Å². The average Bonchev–Trinajstić information content (AvgIpc) is 2.28. The van der Waals surface area contributed by atoms with Crippen molar-refractivity contribution in [2.75, 3.05) is 24.3 Å². The smallest absolute Gasteiger partial charge is 0.233 e. The number of hydrogen-bond donors (Lipinski definition) is 1. The number of anilines is 3. The first-order valence-corrected chi connectivity index (χ1v) is 6.62. The molecule has 0 bridgehead atoms. The lowest BCUT2D eigenvalue weighted by atomic mass is 10.3. The predicted molar refractivity (Wildman–Crippen MR) is 81.6 cm³/mol. The standard InChI is InChI=1S/C11H11ClIN5/c1-18(2)11-16-9(12)15-10(17-11)14-8-5-3-4-7(13)6-8/h3-6H,1-2H3,(H,14,15,16,17). The number of hydrogen-bond acceptors (Lipinski definition) is 5. The molecule has 0 radical (unpaired) electrons. The zero-order chi connectivity index (χ0) is 13.1. The van der Waals surface area contributed by atoms with Gasteiger partial charge in [0.25, 0.3) is 0 Å². The zero-order valence-electron chi connectivity index (χ0n) is 9.85. The molecular weight excluding hydrogens is 365 g/mol. The summed E-state index contributed by atoms with van der Waals surface area (Å²) in [5, 5.41) is 3.27. The van der Waals surface area contributed by atoms with Crippen molar-refractivity contribution in [1.82, 2.24) is 15.0 Å². The highest BCUT2D eigenvalue weighted by atomic mass is 127. The second-order valence-electron chi connectivity index (χ2n) is 3.76. The molecule has 0 fully saturated rings. The van der Waals surface area contributed by atoms with Crippen LogP contribution in [0.1, 0.15) is 0 Å². The highest BCUT2D eigenvalue weighted by molar-refractivity contribution is 14.1. The van der Waals surface area contributed by atoms with Gasteiger partial charge in [-0.1, -0.05) is 6.07 Å². The first kappa shape index (κ1) is 13.3. The van der Waals surface area contributed by atoms with Gasteiger partial charge in [-0.3, -0.25) is 0 Å². The van der Waals surface area contributed by atoms with Crippen molar-refractivity contribution in [2.24, 2.45) is 0 Å². The minimum absolute atomic E-state index is 0.168. The van der Waals surface area contributed by atoms with Crippen LogP contribution in [0.3, 0.4) is 0 Å². The number of nitrogens with zero attached hydrogens (tertiary/aromatic N) is 4. The Kier molecular flexibility index (Phi) is 4.18. The van der Waals surface area contributed by atoms with Crippen molar-refractivity contribution in [2.45, 2.75) is 0 Å². The lowest BCUT2D eigenvalue weighted by molar-refractivity contribution is 0.961. The van der Waals surface area contributed by atoms with Crippen LogP contribution >= 0.6 is 34.2 Å². The molecule has 0 saturated carbocycles. The molecule has 0 aliphatic heterocycles. The largest absolute Gasteiger partial charge is 0.347 e. The molecule has 0 atom stereocenters. The minimum atomic E-state index is 0.168. The Labute approximate surface area is 124 Å². The first-order valence-electron chi connectivity index (χ1n) is 5.16. The van der Waals surface area contributed by atoms with E-state index in [4.69, 9.17) is 11.6 Å². The van der Waals surface area contributed by atoms with Crippen molar-refractivity contribution >= 4 is 51.8 Å². The molecule has 0 amide bonds. The van der Waals surface area contributed by atoms with Crippen LogP contribution in [0, 0.1) is 3.57 Å². The van der Waals surface area contributed by atoms with Gasteiger partial charge in [-0.25, -0.2) is 0 Å². The van der Waals surface area contributed by atoms with Gasteiger partial charge in [-0.15, -0.1) is 0 Å². The topological polar surface area (TPSA) is 53.9 Å². The van der Waals surface area contributed by atoms with Gasteiger partial charge < -0.3 is 10.2 Å². The van der Waals surface area contributed by atoms with Gasteiger partial charge in [0.05, 0.1) is 0 Å². The van der Waals surface area contributed by atoms with E-state index in [0.29, 0.717) is 11.9 Å². The van der Waals surface area contributed by atoms with E-state index in [1.165, 1.54) is 0 Å². The van der Waals surface area contributed by atoms with E-state index in [1.807, 2.05) is 38.4 Å². The summed E-state index contributed by atoms with van der Waals surface area (Å²) < 4.78 is 1.13. The summed E-state index contributed by atoms with van der Waals surface area (Å²) >= 11 is 8.11. The fourth-order valence-corrected chi connectivity index (χ4v) is 1.99. The first-order chi connectivity index (χ1) is 8.54. The lowest BCUT2D eigenvalue weighted by Gasteiger charge is -2.11. The van der Waals surface area contributed by atoms with Gasteiger partial charge in [-0.05, 0) is 52.4 Å². The van der Waals surface area contributed by atoms with Crippen molar-refractivity contribution in [3.63, 3.8) is 0 Å². The number of nitrogens with one attached hydrogen (secondary N) is 1. The van der Waals surface area contributed by atoms with Crippen LogP contribution in [0.2, 0.25) is 5.28 Å². The summed E-state index contributed by atoms with van der Waals surface area (Å²) in [6.07, 6.45) is 0. The monoisotopic (exact) mass is 375 g/mol. The Morgan fingerprint density at radius 1 is 1.22 bits per heavy atom. The highest BCUT2D eigenvalue weighted by Gasteiger charge is 2.06. The molecule has 0 unspecified atom stereocenters. The number of halogens is 2. The molecule has 1 aromatic carbocycles. The maximum absolute atomic E-state index is 5.86. The molecule has 2 rings (SSSR count). The van der Waals surface area contributed by atoms with Gasteiger partial charge in [0.2, 0.25) is 17.2 Å². The molecule has 2 aromatic rings. The van der Waals surface area contributed by atoms with Gasteiger partial charge in [0, 0.05) is 23.4 Å². The molecule has 0 spiro atoms. The summed E-state index contributed by atoms with van der Waals surface area (Å²) in [4.78, 5) is 14.1. The van der Waals surface area contributed by atoms with Gasteiger partial charge in [0.1, 0.15) is 0 Å². The van der Waals surface area contributed by atoms with Gasteiger partial charge >= 0.3 is 0 Å².